The largest absolute Gasteiger partial charge is 0.334 e. The first-order chi connectivity index (χ1) is 14.0. The predicted octanol–water partition coefficient (Wildman–Crippen LogP) is 4.12. The number of anilines is 2. The molecule has 0 atom stereocenters. The standard InChI is InChI=1S/C23H19N3O3/c1-15-6-10-17(11-7-15)25-23(29)24-14-16-8-12-18(13-9-16)26-21(27)19-4-2-3-5-20(19)22(26)28/h2-13H,14H2,1H3,(H2,24,25,29). The van der Waals surface area contributed by atoms with Gasteiger partial charge in [0.1, 0.15) is 0 Å². The number of carbonyl (C=O) groups excluding carboxylic acids is 3. The molecule has 0 fully saturated rings. The van der Waals surface area contributed by atoms with Crippen molar-refractivity contribution in [1.82, 2.24) is 5.32 Å². The molecule has 0 bridgehead atoms. The van der Waals surface area contributed by atoms with E-state index >= 15 is 0 Å². The van der Waals surface area contributed by atoms with Crippen molar-refractivity contribution in [2.24, 2.45) is 0 Å². The van der Waals surface area contributed by atoms with Crippen LogP contribution in [0.15, 0.2) is 72.8 Å². The summed E-state index contributed by atoms with van der Waals surface area (Å²) in [6.45, 7) is 2.30. The minimum Gasteiger partial charge on any atom is -0.334 e. The SMILES string of the molecule is Cc1ccc(NC(=O)NCc2ccc(N3C(=O)c4ccccc4C3=O)cc2)cc1. The van der Waals surface area contributed by atoms with Crippen molar-refractivity contribution >= 4 is 29.2 Å². The summed E-state index contributed by atoms with van der Waals surface area (Å²) in [5.41, 5.74) is 4.02. The highest BCUT2D eigenvalue weighted by molar-refractivity contribution is 6.34. The zero-order chi connectivity index (χ0) is 20.4. The van der Waals surface area contributed by atoms with E-state index in [0.717, 1.165) is 11.1 Å². The first kappa shape index (κ1) is 18.4. The van der Waals surface area contributed by atoms with Crippen LogP contribution in [0.4, 0.5) is 16.2 Å². The molecule has 29 heavy (non-hydrogen) atoms. The molecule has 144 valence electrons. The van der Waals surface area contributed by atoms with Crippen molar-refractivity contribution in [3.8, 4) is 0 Å². The van der Waals surface area contributed by atoms with Crippen LogP contribution in [0.25, 0.3) is 0 Å². The normalized spacial score (nSPS) is 12.7. The fourth-order valence-corrected chi connectivity index (χ4v) is 3.18. The molecule has 4 rings (SSSR count). The van der Waals surface area contributed by atoms with Gasteiger partial charge in [0, 0.05) is 12.2 Å². The second-order valence-electron chi connectivity index (χ2n) is 6.83. The molecule has 0 radical (unpaired) electrons. The minimum absolute atomic E-state index is 0.307. The summed E-state index contributed by atoms with van der Waals surface area (Å²) in [6, 6.07) is 21.0. The van der Waals surface area contributed by atoms with Crippen LogP contribution in [0.2, 0.25) is 0 Å². The van der Waals surface area contributed by atoms with Crippen molar-refractivity contribution in [3.05, 3.63) is 95.1 Å². The van der Waals surface area contributed by atoms with Gasteiger partial charge in [0.15, 0.2) is 0 Å². The molecule has 1 aliphatic heterocycles. The van der Waals surface area contributed by atoms with Crippen LogP contribution in [0, 0.1) is 6.92 Å². The molecule has 0 saturated heterocycles. The van der Waals surface area contributed by atoms with E-state index < -0.39 is 0 Å². The van der Waals surface area contributed by atoms with E-state index in [4.69, 9.17) is 0 Å². The van der Waals surface area contributed by atoms with Gasteiger partial charge in [-0.05, 0) is 48.9 Å². The third-order valence-corrected chi connectivity index (χ3v) is 4.75. The summed E-state index contributed by atoms with van der Waals surface area (Å²) < 4.78 is 0. The Bertz CT molecular complexity index is 1050. The molecule has 6 nitrogen and oxygen atoms in total. The van der Waals surface area contributed by atoms with Gasteiger partial charge in [-0.2, -0.15) is 0 Å². The summed E-state index contributed by atoms with van der Waals surface area (Å²) in [5.74, 6) is -0.650. The highest BCUT2D eigenvalue weighted by atomic mass is 16.2. The molecule has 0 spiro atoms. The molecule has 1 aliphatic rings. The molecular formula is C23H19N3O3. The highest BCUT2D eigenvalue weighted by Gasteiger charge is 2.36. The van der Waals surface area contributed by atoms with Gasteiger partial charge in [-0.3, -0.25) is 9.59 Å². The zero-order valence-electron chi connectivity index (χ0n) is 15.8. The third kappa shape index (κ3) is 3.73. The highest BCUT2D eigenvalue weighted by Crippen LogP contribution is 2.28. The van der Waals surface area contributed by atoms with Crippen LogP contribution >= 0.6 is 0 Å². The predicted molar refractivity (Wildman–Crippen MR) is 111 cm³/mol. The molecule has 6 heteroatoms. The Kier molecular flexibility index (Phi) is 4.83. The van der Waals surface area contributed by atoms with Gasteiger partial charge < -0.3 is 10.6 Å². The number of rotatable bonds is 4. The second kappa shape index (κ2) is 7.59. The summed E-state index contributed by atoms with van der Waals surface area (Å²) in [6.07, 6.45) is 0. The molecule has 3 aromatic rings. The Labute approximate surface area is 168 Å². The van der Waals surface area contributed by atoms with E-state index in [1.54, 1.807) is 48.5 Å². The van der Waals surface area contributed by atoms with Crippen LogP contribution in [0.5, 0.6) is 0 Å². The van der Waals surface area contributed by atoms with Crippen molar-refractivity contribution in [2.75, 3.05) is 10.2 Å². The van der Waals surface area contributed by atoms with Crippen LogP contribution < -0.4 is 15.5 Å². The van der Waals surface area contributed by atoms with Gasteiger partial charge in [-0.25, -0.2) is 9.69 Å². The average Bonchev–Trinajstić information content (AvgIpc) is 2.99. The Balaban J connectivity index is 1.38. The molecule has 4 amide bonds. The maximum atomic E-state index is 12.5. The van der Waals surface area contributed by atoms with Crippen molar-refractivity contribution in [2.45, 2.75) is 13.5 Å². The second-order valence-corrected chi connectivity index (χ2v) is 6.83. The number of nitrogens with zero attached hydrogens (tertiary/aromatic N) is 1. The first-order valence-electron chi connectivity index (χ1n) is 9.21. The lowest BCUT2D eigenvalue weighted by atomic mass is 10.1. The van der Waals surface area contributed by atoms with E-state index in [2.05, 4.69) is 10.6 Å². The number of hydrogen-bond donors (Lipinski definition) is 2. The van der Waals surface area contributed by atoms with Crippen LogP contribution in [0.1, 0.15) is 31.8 Å². The lowest BCUT2D eigenvalue weighted by Gasteiger charge is -2.14. The molecule has 1 heterocycles. The zero-order valence-corrected chi connectivity index (χ0v) is 15.8. The van der Waals surface area contributed by atoms with Crippen molar-refractivity contribution < 1.29 is 14.4 Å². The summed E-state index contributed by atoms with van der Waals surface area (Å²) in [4.78, 5) is 38.3. The monoisotopic (exact) mass is 385 g/mol. The number of urea groups is 1. The topological polar surface area (TPSA) is 78.5 Å². The summed E-state index contributed by atoms with van der Waals surface area (Å²) in [5, 5.41) is 5.55. The number of nitrogens with one attached hydrogen (secondary N) is 2. The Hall–Kier alpha value is -3.93. The number of carbonyl (C=O) groups is 3. The molecule has 0 aliphatic carbocycles. The maximum Gasteiger partial charge on any atom is 0.319 e. The van der Waals surface area contributed by atoms with E-state index in [9.17, 15) is 14.4 Å². The van der Waals surface area contributed by atoms with E-state index in [1.807, 2.05) is 31.2 Å². The fraction of sp³-hybridized carbons (Fsp3) is 0.0870. The van der Waals surface area contributed by atoms with Crippen molar-refractivity contribution in [3.63, 3.8) is 0 Å². The molecule has 0 unspecified atom stereocenters. The number of aryl methyl sites for hydroxylation is 1. The van der Waals surface area contributed by atoms with Gasteiger partial charge >= 0.3 is 6.03 Å². The molecule has 2 N–H and O–H groups in total. The molecule has 0 aromatic heterocycles. The first-order valence-corrected chi connectivity index (χ1v) is 9.21. The van der Waals surface area contributed by atoms with Crippen LogP contribution in [-0.4, -0.2) is 17.8 Å². The van der Waals surface area contributed by atoms with Crippen molar-refractivity contribution in [1.29, 1.82) is 0 Å². The molecule has 0 saturated carbocycles. The fourth-order valence-electron chi connectivity index (χ4n) is 3.18. The van der Waals surface area contributed by atoms with E-state index in [-0.39, 0.29) is 17.8 Å². The number of hydrogen-bond acceptors (Lipinski definition) is 3. The van der Waals surface area contributed by atoms with Gasteiger partial charge in [0.05, 0.1) is 16.8 Å². The van der Waals surface area contributed by atoms with Crippen LogP contribution in [-0.2, 0) is 6.54 Å². The number of fused-ring (bicyclic) bond motifs is 1. The van der Waals surface area contributed by atoms with Crippen LogP contribution in [0.3, 0.4) is 0 Å². The lowest BCUT2D eigenvalue weighted by molar-refractivity contribution is 0.0926. The van der Waals surface area contributed by atoms with Gasteiger partial charge in [0.25, 0.3) is 11.8 Å². The van der Waals surface area contributed by atoms with Gasteiger partial charge in [0.2, 0.25) is 0 Å². The van der Waals surface area contributed by atoms with E-state index in [0.29, 0.717) is 29.0 Å². The maximum absolute atomic E-state index is 12.5. The summed E-state index contributed by atoms with van der Waals surface area (Å²) in [7, 11) is 0. The Morgan fingerprint density at radius 1 is 0.828 bits per heavy atom. The minimum atomic E-state index is -0.325. The smallest absolute Gasteiger partial charge is 0.319 e. The summed E-state index contributed by atoms with van der Waals surface area (Å²) >= 11 is 0. The van der Waals surface area contributed by atoms with Gasteiger partial charge in [-0.15, -0.1) is 0 Å². The number of imide groups is 1. The Morgan fingerprint density at radius 2 is 1.41 bits per heavy atom. The average molecular weight is 385 g/mol. The van der Waals surface area contributed by atoms with Gasteiger partial charge in [-0.1, -0.05) is 42.0 Å². The lowest BCUT2D eigenvalue weighted by Crippen LogP contribution is -2.29. The number of benzene rings is 3. The third-order valence-electron chi connectivity index (χ3n) is 4.75. The molecular weight excluding hydrogens is 366 g/mol. The quantitative estimate of drug-likeness (QED) is 0.663. The Morgan fingerprint density at radius 3 is 2.00 bits per heavy atom. The van der Waals surface area contributed by atoms with E-state index in [1.165, 1.54) is 4.90 Å². The number of amides is 4. The molecule has 3 aromatic carbocycles.